The molecular formula is C34H33N5O6S. The van der Waals surface area contributed by atoms with E-state index >= 15 is 0 Å². The second-order valence-corrected chi connectivity index (χ2v) is 12.1. The number of esters is 1. The number of nitrogens with zero attached hydrogens (tertiary/aromatic N) is 3. The molecule has 0 saturated heterocycles. The summed E-state index contributed by atoms with van der Waals surface area (Å²) < 4.78 is 39.7. The molecule has 4 aromatic carbocycles. The summed E-state index contributed by atoms with van der Waals surface area (Å²) in [5.41, 5.74) is 2.94. The molecule has 1 amide bonds. The third-order valence-electron chi connectivity index (χ3n) is 7.17. The number of carbonyl (C=O) groups is 2. The zero-order valence-corrected chi connectivity index (χ0v) is 26.6. The number of hydrogen-bond acceptors (Lipinski definition) is 9. The maximum Gasteiger partial charge on any atom is 0.337 e. The molecule has 1 heterocycles. The Morgan fingerprint density at radius 3 is 2.37 bits per heavy atom. The summed E-state index contributed by atoms with van der Waals surface area (Å²) in [5.74, 6) is -1.30. The van der Waals surface area contributed by atoms with Gasteiger partial charge in [-0.25, -0.2) is 27.5 Å². The number of fused-ring (bicyclic) bond motifs is 1. The molecule has 0 aromatic heterocycles. The van der Waals surface area contributed by atoms with Crippen molar-refractivity contribution in [1.29, 1.82) is 0 Å². The van der Waals surface area contributed by atoms with E-state index in [-0.39, 0.29) is 45.7 Å². The Labute approximate surface area is 267 Å². The highest BCUT2D eigenvalue weighted by Crippen LogP contribution is 2.35. The minimum absolute atomic E-state index is 0.00746. The number of amidine groups is 1. The number of hydrogen-bond donors (Lipinski definition) is 2. The van der Waals surface area contributed by atoms with Crippen LogP contribution < -0.4 is 15.4 Å². The summed E-state index contributed by atoms with van der Waals surface area (Å²) in [6.45, 7) is 4.43. The van der Waals surface area contributed by atoms with Crippen molar-refractivity contribution >= 4 is 56.2 Å². The van der Waals surface area contributed by atoms with Crippen LogP contribution >= 0.6 is 0 Å². The van der Waals surface area contributed by atoms with Crippen LogP contribution in [0, 0.1) is 6.92 Å². The van der Waals surface area contributed by atoms with Gasteiger partial charge in [-0.1, -0.05) is 42.5 Å². The molecule has 0 atom stereocenters. The Bertz CT molecular complexity index is 1960. The van der Waals surface area contributed by atoms with Gasteiger partial charge in [-0.2, -0.15) is 0 Å². The molecule has 46 heavy (non-hydrogen) atoms. The van der Waals surface area contributed by atoms with Crippen LogP contribution in [0.2, 0.25) is 0 Å². The normalized spacial score (nSPS) is 13.7. The third-order valence-corrected chi connectivity index (χ3v) is 8.95. The number of benzene rings is 4. The van der Waals surface area contributed by atoms with Gasteiger partial charge in [0, 0.05) is 12.2 Å². The fourth-order valence-electron chi connectivity index (χ4n) is 4.90. The first-order valence-corrected chi connectivity index (χ1v) is 15.9. The standard InChI is InChI=1S/C34H33N5O6S/c1-5-35-25-16-17-26(22(2)19-25)36-31(33(40)38-28-20-24(34(41)45-4)15-18-29(28)44-3)32-37-27-13-9-10-14-30(27)46(42,43)39(32)21-23-11-7-6-8-12-23/h6-20,35H,5,21H2,1-4H3,(H,38,40)/b36-31-. The first kappa shape index (κ1) is 31.9. The summed E-state index contributed by atoms with van der Waals surface area (Å²) >= 11 is 0. The Morgan fingerprint density at radius 2 is 1.67 bits per heavy atom. The topological polar surface area (TPSA) is 139 Å². The zero-order chi connectivity index (χ0) is 32.8. The average molecular weight is 640 g/mol. The van der Waals surface area contributed by atoms with Gasteiger partial charge in [0.2, 0.25) is 0 Å². The number of rotatable bonds is 10. The van der Waals surface area contributed by atoms with E-state index in [0.29, 0.717) is 17.8 Å². The SMILES string of the molecule is CCNc1ccc(/N=C(\C(=O)Nc2cc(C(=O)OC)ccc2OC)C2=Nc3ccccc3S(=O)(=O)N2Cc2ccccc2)c(C)c1. The van der Waals surface area contributed by atoms with E-state index in [9.17, 15) is 18.0 Å². The van der Waals surface area contributed by atoms with E-state index in [2.05, 4.69) is 10.6 Å². The molecule has 0 saturated carbocycles. The van der Waals surface area contributed by atoms with Gasteiger partial charge >= 0.3 is 5.97 Å². The van der Waals surface area contributed by atoms with Crippen molar-refractivity contribution in [2.24, 2.45) is 9.98 Å². The highest BCUT2D eigenvalue weighted by Gasteiger charge is 2.38. The van der Waals surface area contributed by atoms with Gasteiger partial charge in [0.15, 0.2) is 11.5 Å². The maximum atomic E-state index is 14.3. The molecule has 5 rings (SSSR count). The van der Waals surface area contributed by atoms with Crippen molar-refractivity contribution in [3.05, 3.63) is 108 Å². The molecule has 11 nitrogen and oxygen atoms in total. The maximum absolute atomic E-state index is 14.3. The minimum Gasteiger partial charge on any atom is -0.495 e. The van der Waals surface area contributed by atoms with E-state index in [1.165, 1.54) is 38.5 Å². The number of anilines is 2. The monoisotopic (exact) mass is 639 g/mol. The highest BCUT2D eigenvalue weighted by molar-refractivity contribution is 7.90. The Balaban J connectivity index is 1.71. The summed E-state index contributed by atoms with van der Waals surface area (Å²) in [7, 11) is -1.52. The van der Waals surface area contributed by atoms with Crippen LogP contribution in [0.1, 0.15) is 28.4 Å². The van der Waals surface area contributed by atoms with Crippen molar-refractivity contribution in [1.82, 2.24) is 4.31 Å². The Morgan fingerprint density at radius 1 is 0.935 bits per heavy atom. The van der Waals surface area contributed by atoms with Gasteiger partial charge in [-0.3, -0.25) is 4.79 Å². The van der Waals surface area contributed by atoms with Crippen LogP contribution in [0.25, 0.3) is 0 Å². The molecule has 2 N–H and O–H groups in total. The molecule has 1 aliphatic rings. The van der Waals surface area contributed by atoms with Crippen molar-refractivity contribution in [3.8, 4) is 5.75 Å². The van der Waals surface area contributed by atoms with Crippen molar-refractivity contribution in [2.75, 3.05) is 31.4 Å². The summed E-state index contributed by atoms with van der Waals surface area (Å²) in [4.78, 5) is 36.1. The lowest BCUT2D eigenvalue weighted by atomic mass is 10.1. The molecule has 0 radical (unpaired) electrons. The average Bonchev–Trinajstić information content (AvgIpc) is 3.06. The molecule has 0 spiro atoms. The van der Waals surface area contributed by atoms with Gasteiger partial charge in [0.1, 0.15) is 10.6 Å². The van der Waals surface area contributed by atoms with E-state index in [1.54, 1.807) is 48.5 Å². The number of aliphatic imine (C=N–C) groups is 2. The minimum atomic E-state index is -4.19. The second kappa shape index (κ2) is 13.7. The quantitative estimate of drug-likeness (QED) is 0.164. The van der Waals surface area contributed by atoms with Crippen LogP contribution in [0.15, 0.2) is 106 Å². The molecule has 4 aromatic rings. The molecule has 0 bridgehead atoms. The zero-order valence-electron chi connectivity index (χ0n) is 25.8. The number of amides is 1. The molecule has 0 fully saturated rings. The van der Waals surface area contributed by atoms with Crippen LogP contribution in [0.5, 0.6) is 5.75 Å². The van der Waals surface area contributed by atoms with Crippen LogP contribution in [0.3, 0.4) is 0 Å². The van der Waals surface area contributed by atoms with Crippen LogP contribution in [-0.4, -0.2) is 56.9 Å². The predicted molar refractivity (Wildman–Crippen MR) is 178 cm³/mol. The largest absolute Gasteiger partial charge is 0.495 e. The third kappa shape index (κ3) is 6.61. The summed E-state index contributed by atoms with van der Waals surface area (Å²) in [5, 5.41) is 6.01. The van der Waals surface area contributed by atoms with E-state index in [4.69, 9.17) is 19.5 Å². The fraction of sp³-hybridized carbons (Fsp3) is 0.176. The molecule has 236 valence electrons. The number of para-hydroxylation sites is 1. The lowest BCUT2D eigenvalue weighted by molar-refractivity contribution is -0.110. The lowest BCUT2D eigenvalue weighted by Crippen LogP contribution is -2.46. The summed E-state index contributed by atoms with van der Waals surface area (Å²) in [6.07, 6.45) is 0. The van der Waals surface area contributed by atoms with E-state index < -0.39 is 21.9 Å². The smallest absolute Gasteiger partial charge is 0.337 e. The fourth-order valence-corrected chi connectivity index (χ4v) is 6.44. The van der Waals surface area contributed by atoms with E-state index in [0.717, 1.165) is 15.6 Å². The number of nitrogens with one attached hydrogen (secondary N) is 2. The number of methoxy groups -OCH3 is 2. The number of carbonyl (C=O) groups excluding carboxylic acids is 2. The predicted octanol–water partition coefficient (Wildman–Crippen LogP) is 5.87. The van der Waals surface area contributed by atoms with Crippen molar-refractivity contribution in [3.63, 3.8) is 0 Å². The molecule has 0 unspecified atom stereocenters. The van der Waals surface area contributed by atoms with Gasteiger partial charge < -0.3 is 20.1 Å². The Kier molecular flexibility index (Phi) is 9.47. The highest BCUT2D eigenvalue weighted by atomic mass is 32.2. The first-order valence-electron chi connectivity index (χ1n) is 14.4. The second-order valence-electron chi connectivity index (χ2n) is 10.3. The molecular weight excluding hydrogens is 606 g/mol. The Hall–Kier alpha value is -5.49. The molecule has 0 aliphatic carbocycles. The number of ether oxygens (including phenoxy) is 2. The summed E-state index contributed by atoms with van der Waals surface area (Å²) in [6, 6.07) is 25.2. The van der Waals surface area contributed by atoms with Gasteiger partial charge in [0.05, 0.1) is 43.4 Å². The van der Waals surface area contributed by atoms with Crippen LogP contribution in [0.4, 0.5) is 22.7 Å². The van der Waals surface area contributed by atoms with Crippen molar-refractivity contribution < 1.29 is 27.5 Å². The van der Waals surface area contributed by atoms with E-state index in [1.807, 2.05) is 32.0 Å². The molecule has 12 heteroatoms. The lowest BCUT2D eigenvalue weighted by Gasteiger charge is -2.30. The van der Waals surface area contributed by atoms with Crippen molar-refractivity contribution in [2.45, 2.75) is 25.3 Å². The van der Waals surface area contributed by atoms with Crippen LogP contribution in [-0.2, 0) is 26.1 Å². The van der Waals surface area contributed by atoms with Gasteiger partial charge in [-0.15, -0.1) is 0 Å². The molecule has 1 aliphatic heterocycles. The number of sulfonamides is 1. The van der Waals surface area contributed by atoms with Gasteiger partial charge in [0.25, 0.3) is 15.9 Å². The first-order chi connectivity index (χ1) is 22.2. The number of aryl methyl sites for hydroxylation is 1. The van der Waals surface area contributed by atoms with Gasteiger partial charge in [-0.05, 0) is 73.5 Å².